The van der Waals surface area contributed by atoms with Gasteiger partial charge in [-0.3, -0.25) is 4.72 Å². The summed E-state index contributed by atoms with van der Waals surface area (Å²) in [5.41, 5.74) is 0.892. The molecule has 2 aromatic rings. The molecule has 0 aliphatic heterocycles. The lowest BCUT2D eigenvalue weighted by atomic mass is 10.4. The fourth-order valence-electron chi connectivity index (χ4n) is 1.70. The molecule has 2 heterocycles. The molecule has 19 heavy (non-hydrogen) atoms. The van der Waals surface area contributed by atoms with Gasteiger partial charge in [0.15, 0.2) is 0 Å². The summed E-state index contributed by atoms with van der Waals surface area (Å²) < 4.78 is 28.6. The van der Waals surface area contributed by atoms with Crippen LogP contribution in [0.2, 0.25) is 0 Å². The molecule has 0 aromatic carbocycles. The molecule has 0 unspecified atom stereocenters. The second-order valence-corrected chi connectivity index (χ2v) is 5.81. The van der Waals surface area contributed by atoms with Crippen molar-refractivity contribution in [2.75, 3.05) is 11.8 Å². The van der Waals surface area contributed by atoms with Gasteiger partial charge < -0.3 is 9.88 Å². The lowest BCUT2D eigenvalue weighted by molar-refractivity contribution is 0.601. The average Bonchev–Trinajstić information content (AvgIpc) is 2.73. The number of pyridine rings is 1. The molecule has 2 rings (SSSR count). The summed E-state index contributed by atoms with van der Waals surface area (Å²) in [6, 6.07) is 6.70. The number of hydrogen-bond donors (Lipinski definition) is 2. The molecule has 2 aromatic heterocycles. The van der Waals surface area contributed by atoms with Gasteiger partial charge in [0.25, 0.3) is 10.0 Å². The monoisotopic (exact) mass is 280 g/mol. The van der Waals surface area contributed by atoms with Gasteiger partial charge in [0.05, 0.1) is 0 Å². The van der Waals surface area contributed by atoms with Gasteiger partial charge in [0.2, 0.25) is 0 Å². The highest BCUT2D eigenvalue weighted by molar-refractivity contribution is 7.92. The first-order valence-corrected chi connectivity index (χ1v) is 7.25. The van der Waals surface area contributed by atoms with Crippen molar-refractivity contribution in [1.82, 2.24) is 14.9 Å². The summed E-state index contributed by atoms with van der Waals surface area (Å²) in [6.45, 7) is 0.607. The number of aromatic nitrogens is 2. The van der Waals surface area contributed by atoms with E-state index in [4.69, 9.17) is 0 Å². The van der Waals surface area contributed by atoms with Gasteiger partial charge in [0, 0.05) is 31.7 Å². The molecule has 2 N–H and O–H groups in total. The van der Waals surface area contributed by atoms with Crippen molar-refractivity contribution in [2.45, 2.75) is 11.4 Å². The quantitative estimate of drug-likeness (QED) is 0.854. The van der Waals surface area contributed by atoms with E-state index in [1.54, 1.807) is 35.0 Å². The summed E-state index contributed by atoms with van der Waals surface area (Å²) in [5, 5.41) is 2.99. The smallest absolute Gasteiger partial charge is 0.264 e. The van der Waals surface area contributed by atoms with Crippen LogP contribution >= 0.6 is 0 Å². The number of anilines is 1. The lowest BCUT2D eigenvalue weighted by Gasteiger charge is -2.04. The molecule has 0 spiro atoms. The molecule has 0 saturated carbocycles. The zero-order valence-corrected chi connectivity index (χ0v) is 11.6. The van der Waals surface area contributed by atoms with Gasteiger partial charge in [-0.1, -0.05) is 6.07 Å². The van der Waals surface area contributed by atoms with Crippen LogP contribution < -0.4 is 10.0 Å². The number of sulfonamides is 1. The number of rotatable bonds is 5. The molecule has 6 nitrogen and oxygen atoms in total. The van der Waals surface area contributed by atoms with Crippen LogP contribution in [-0.2, 0) is 23.6 Å². The Balaban J connectivity index is 2.27. The minimum atomic E-state index is -3.59. The van der Waals surface area contributed by atoms with E-state index >= 15 is 0 Å². The van der Waals surface area contributed by atoms with Crippen LogP contribution in [0.25, 0.3) is 0 Å². The number of hydrogen-bond acceptors (Lipinski definition) is 4. The topological polar surface area (TPSA) is 76.0 Å². The Morgan fingerprint density at radius 2 is 2.16 bits per heavy atom. The van der Waals surface area contributed by atoms with E-state index in [1.165, 1.54) is 6.20 Å². The van der Waals surface area contributed by atoms with E-state index in [0.29, 0.717) is 12.4 Å². The van der Waals surface area contributed by atoms with Crippen molar-refractivity contribution in [3.8, 4) is 0 Å². The summed E-state index contributed by atoms with van der Waals surface area (Å²) in [4.78, 5) is 4.17. The van der Waals surface area contributed by atoms with Crippen LogP contribution in [0.3, 0.4) is 0 Å². The molecular formula is C12H16N4O2S. The maximum Gasteiger partial charge on any atom is 0.264 e. The molecule has 0 saturated heterocycles. The Kier molecular flexibility index (Phi) is 3.87. The molecule has 0 aliphatic rings. The highest BCUT2D eigenvalue weighted by atomic mass is 32.2. The predicted octanol–water partition coefficient (Wildman–Crippen LogP) is 0.940. The second kappa shape index (κ2) is 5.41. The predicted molar refractivity (Wildman–Crippen MR) is 73.2 cm³/mol. The molecule has 0 aliphatic carbocycles. The van der Waals surface area contributed by atoms with Crippen molar-refractivity contribution >= 4 is 15.8 Å². The highest BCUT2D eigenvalue weighted by Gasteiger charge is 2.17. The zero-order chi connectivity index (χ0) is 13.9. The fraction of sp³-hybridized carbons (Fsp3) is 0.250. The van der Waals surface area contributed by atoms with E-state index < -0.39 is 10.0 Å². The maximum atomic E-state index is 12.2. The van der Waals surface area contributed by atoms with Gasteiger partial charge in [-0.05, 0) is 25.2 Å². The maximum absolute atomic E-state index is 12.2. The van der Waals surface area contributed by atoms with Crippen LogP contribution in [0.1, 0.15) is 5.69 Å². The molecule has 0 amide bonds. The van der Waals surface area contributed by atoms with Crippen LogP contribution in [0, 0.1) is 0 Å². The van der Waals surface area contributed by atoms with Gasteiger partial charge in [-0.2, -0.15) is 0 Å². The van der Waals surface area contributed by atoms with Crippen molar-refractivity contribution in [3.63, 3.8) is 0 Å². The third kappa shape index (κ3) is 3.12. The summed E-state index contributed by atoms with van der Waals surface area (Å²) in [7, 11) is 0.0304. The third-order valence-corrected chi connectivity index (χ3v) is 3.98. The first-order valence-electron chi connectivity index (χ1n) is 5.76. The molecule has 0 atom stereocenters. The first-order chi connectivity index (χ1) is 9.03. The van der Waals surface area contributed by atoms with E-state index in [0.717, 1.165) is 5.69 Å². The molecule has 102 valence electrons. The van der Waals surface area contributed by atoms with Crippen LogP contribution in [0.15, 0.2) is 41.6 Å². The normalized spacial score (nSPS) is 11.5. The standard InChI is InChI=1S/C12H16N4O2S/c1-13-8-10-7-11(9-16(10)2)19(17,18)15-12-5-3-4-6-14-12/h3-7,9,13H,8H2,1-2H3,(H,14,15). The minimum absolute atomic E-state index is 0.228. The van der Waals surface area contributed by atoms with Gasteiger partial charge in [-0.25, -0.2) is 13.4 Å². The molecule has 7 heteroatoms. The average molecular weight is 280 g/mol. The highest BCUT2D eigenvalue weighted by Crippen LogP contribution is 2.16. The van der Waals surface area contributed by atoms with Gasteiger partial charge in [-0.15, -0.1) is 0 Å². The van der Waals surface area contributed by atoms with Crippen LogP contribution in [-0.4, -0.2) is 25.0 Å². The van der Waals surface area contributed by atoms with Gasteiger partial charge >= 0.3 is 0 Å². The SMILES string of the molecule is CNCc1cc(S(=O)(=O)Nc2ccccn2)cn1C. The van der Waals surface area contributed by atoms with Crippen LogP contribution in [0.5, 0.6) is 0 Å². The Hall–Kier alpha value is -1.86. The van der Waals surface area contributed by atoms with Crippen molar-refractivity contribution in [3.05, 3.63) is 42.4 Å². The van der Waals surface area contributed by atoms with Crippen molar-refractivity contribution in [1.29, 1.82) is 0 Å². The van der Waals surface area contributed by atoms with Crippen molar-refractivity contribution < 1.29 is 8.42 Å². The van der Waals surface area contributed by atoms with E-state index in [2.05, 4.69) is 15.0 Å². The van der Waals surface area contributed by atoms with E-state index in [-0.39, 0.29) is 4.90 Å². The van der Waals surface area contributed by atoms with Gasteiger partial charge in [0.1, 0.15) is 10.7 Å². The fourth-order valence-corrected chi connectivity index (χ4v) is 2.80. The Morgan fingerprint density at radius 1 is 1.37 bits per heavy atom. The Morgan fingerprint density at radius 3 is 2.79 bits per heavy atom. The second-order valence-electron chi connectivity index (χ2n) is 4.13. The molecule has 0 radical (unpaired) electrons. The number of nitrogens with one attached hydrogen (secondary N) is 2. The Bertz CT molecular complexity index is 650. The minimum Gasteiger partial charge on any atom is -0.352 e. The Labute approximate surface area is 112 Å². The summed E-state index contributed by atoms with van der Waals surface area (Å²) in [5.74, 6) is 0.307. The largest absolute Gasteiger partial charge is 0.352 e. The van der Waals surface area contributed by atoms with Crippen molar-refractivity contribution in [2.24, 2.45) is 7.05 Å². The summed E-state index contributed by atoms with van der Waals surface area (Å²) in [6.07, 6.45) is 3.12. The summed E-state index contributed by atoms with van der Waals surface area (Å²) >= 11 is 0. The van der Waals surface area contributed by atoms with E-state index in [9.17, 15) is 8.42 Å². The zero-order valence-electron chi connectivity index (χ0n) is 10.8. The molecule has 0 bridgehead atoms. The lowest BCUT2D eigenvalue weighted by Crippen LogP contribution is -2.13. The molecular weight excluding hydrogens is 264 g/mol. The molecule has 0 fully saturated rings. The first kappa shape index (κ1) is 13.6. The number of nitrogens with zero attached hydrogens (tertiary/aromatic N) is 2. The van der Waals surface area contributed by atoms with E-state index in [1.807, 2.05) is 14.1 Å². The third-order valence-electron chi connectivity index (χ3n) is 2.65. The number of aryl methyl sites for hydroxylation is 1. The van der Waals surface area contributed by atoms with Crippen LogP contribution in [0.4, 0.5) is 5.82 Å².